The fourth-order valence-corrected chi connectivity index (χ4v) is 5.15. The van der Waals surface area contributed by atoms with Gasteiger partial charge in [-0.2, -0.15) is 4.31 Å². The van der Waals surface area contributed by atoms with Crippen LogP contribution in [0.5, 0.6) is 5.75 Å². The summed E-state index contributed by atoms with van der Waals surface area (Å²) < 4.78 is 33.7. The standard InChI is InChI=1S/C26H29NO5S/c1-20-12-14-24(15-13-20)33(30,31)27(26(2,3)25(28)29)17-16-21-10-7-11-23(18-21)32-19-22-8-5-4-6-9-22/h4-15,18H,16-17,19H2,1-3H3,(H,28,29). The van der Waals surface area contributed by atoms with Crippen LogP contribution in [0.3, 0.4) is 0 Å². The number of hydrogen-bond donors (Lipinski definition) is 1. The summed E-state index contributed by atoms with van der Waals surface area (Å²) in [5.41, 5.74) is 1.20. The molecule has 0 aromatic heterocycles. The van der Waals surface area contributed by atoms with Crippen molar-refractivity contribution in [3.63, 3.8) is 0 Å². The van der Waals surface area contributed by atoms with Crippen molar-refractivity contribution in [2.24, 2.45) is 0 Å². The van der Waals surface area contributed by atoms with E-state index in [1.54, 1.807) is 12.1 Å². The molecule has 0 aliphatic rings. The molecule has 1 N–H and O–H groups in total. The summed E-state index contributed by atoms with van der Waals surface area (Å²) >= 11 is 0. The summed E-state index contributed by atoms with van der Waals surface area (Å²) in [4.78, 5) is 12.0. The average Bonchev–Trinajstić information content (AvgIpc) is 2.79. The molecule has 33 heavy (non-hydrogen) atoms. The van der Waals surface area contributed by atoms with Crippen molar-refractivity contribution >= 4 is 16.0 Å². The Morgan fingerprint density at radius 3 is 2.21 bits per heavy atom. The lowest BCUT2D eigenvalue weighted by molar-refractivity contribution is -0.146. The molecule has 0 bridgehead atoms. The van der Waals surface area contributed by atoms with Gasteiger partial charge in [0.1, 0.15) is 17.9 Å². The maximum absolute atomic E-state index is 13.4. The number of carboxylic acids is 1. The molecule has 0 aliphatic heterocycles. The number of nitrogens with zero attached hydrogens (tertiary/aromatic N) is 1. The van der Waals surface area contributed by atoms with E-state index < -0.39 is 21.5 Å². The first-order chi connectivity index (χ1) is 15.6. The molecule has 0 amide bonds. The second-order valence-electron chi connectivity index (χ2n) is 8.43. The lowest BCUT2D eigenvalue weighted by Gasteiger charge is -2.34. The van der Waals surface area contributed by atoms with Gasteiger partial charge in [-0.25, -0.2) is 8.42 Å². The van der Waals surface area contributed by atoms with Crippen LogP contribution in [0.1, 0.15) is 30.5 Å². The number of aliphatic carboxylic acids is 1. The zero-order valence-electron chi connectivity index (χ0n) is 19.1. The Balaban J connectivity index is 1.80. The van der Waals surface area contributed by atoms with Crippen LogP contribution in [-0.4, -0.2) is 35.9 Å². The molecule has 0 aliphatic carbocycles. The highest BCUT2D eigenvalue weighted by Crippen LogP contribution is 2.26. The van der Waals surface area contributed by atoms with Crippen molar-refractivity contribution in [1.29, 1.82) is 0 Å². The van der Waals surface area contributed by atoms with E-state index in [2.05, 4.69) is 0 Å². The molecule has 7 heteroatoms. The average molecular weight is 468 g/mol. The first-order valence-corrected chi connectivity index (χ1v) is 12.1. The van der Waals surface area contributed by atoms with Crippen molar-refractivity contribution < 1.29 is 23.1 Å². The minimum absolute atomic E-state index is 0.0116. The fraction of sp³-hybridized carbons (Fsp3) is 0.269. The smallest absolute Gasteiger partial charge is 0.324 e. The van der Waals surface area contributed by atoms with E-state index in [-0.39, 0.29) is 11.4 Å². The Morgan fingerprint density at radius 2 is 1.58 bits per heavy atom. The van der Waals surface area contributed by atoms with Crippen LogP contribution in [0.4, 0.5) is 0 Å². The second-order valence-corrected chi connectivity index (χ2v) is 10.3. The van der Waals surface area contributed by atoms with E-state index in [0.717, 1.165) is 21.0 Å². The highest BCUT2D eigenvalue weighted by atomic mass is 32.2. The lowest BCUT2D eigenvalue weighted by atomic mass is 10.1. The third-order valence-electron chi connectivity index (χ3n) is 5.51. The van der Waals surface area contributed by atoms with E-state index in [0.29, 0.717) is 18.8 Å². The van der Waals surface area contributed by atoms with Crippen LogP contribution < -0.4 is 4.74 Å². The van der Waals surface area contributed by atoms with Gasteiger partial charge in [0.15, 0.2) is 0 Å². The minimum atomic E-state index is -4.03. The molecule has 3 aromatic carbocycles. The molecule has 0 saturated heterocycles. The van der Waals surface area contributed by atoms with Gasteiger partial charge < -0.3 is 9.84 Å². The molecule has 174 valence electrons. The Morgan fingerprint density at radius 1 is 0.939 bits per heavy atom. The Hall–Kier alpha value is -3.16. The summed E-state index contributed by atoms with van der Waals surface area (Å²) in [7, 11) is -4.03. The van der Waals surface area contributed by atoms with Gasteiger partial charge in [0.25, 0.3) is 0 Å². The van der Waals surface area contributed by atoms with Crippen LogP contribution in [0, 0.1) is 6.92 Å². The number of aryl methyl sites for hydroxylation is 1. The molecule has 0 saturated carbocycles. The number of rotatable bonds is 10. The maximum Gasteiger partial charge on any atom is 0.324 e. The molecule has 6 nitrogen and oxygen atoms in total. The fourth-order valence-electron chi connectivity index (χ4n) is 3.41. The van der Waals surface area contributed by atoms with E-state index in [1.165, 1.54) is 26.0 Å². The van der Waals surface area contributed by atoms with Gasteiger partial charge >= 0.3 is 5.97 Å². The van der Waals surface area contributed by atoms with Crippen molar-refractivity contribution in [2.75, 3.05) is 6.54 Å². The zero-order valence-corrected chi connectivity index (χ0v) is 19.9. The number of benzene rings is 3. The number of sulfonamides is 1. The predicted molar refractivity (Wildman–Crippen MR) is 128 cm³/mol. The van der Waals surface area contributed by atoms with Crippen molar-refractivity contribution in [1.82, 2.24) is 4.31 Å². The zero-order chi connectivity index (χ0) is 24.1. The summed E-state index contributed by atoms with van der Waals surface area (Å²) in [6, 6.07) is 23.6. The van der Waals surface area contributed by atoms with E-state index >= 15 is 0 Å². The number of ether oxygens (including phenoxy) is 1. The van der Waals surface area contributed by atoms with E-state index in [1.807, 2.05) is 61.5 Å². The summed E-state index contributed by atoms with van der Waals surface area (Å²) in [5.74, 6) is -0.542. The van der Waals surface area contributed by atoms with Crippen LogP contribution in [-0.2, 0) is 27.8 Å². The molecule has 0 atom stereocenters. The largest absolute Gasteiger partial charge is 0.489 e. The first kappa shape index (κ1) is 24.5. The quantitative estimate of drug-likeness (QED) is 0.468. The molecule has 0 heterocycles. The Labute approximate surface area is 195 Å². The highest BCUT2D eigenvalue weighted by Gasteiger charge is 2.42. The first-order valence-electron chi connectivity index (χ1n) is 10.7. The van der Waals surface area contributed by atoms with Crippen LogP contribution in [0.2, 0.25) is 0 Å². The molecule has 0 unspecified atom stereocenters. The van der Waals surface area contributed by atoms with Gasteiger partial charge in [-0.15, -0.1) is 0 Å². The monoisotopic (exact) mass is 467 g/mol. The summed E-state index contributed by atoms with van der Waals surface area (Å²) in [6.45, 7) is 5.10. The molecule has 3 aromatic rings. The maximum atomic E-state index is 13.4. The van der Waals surface area contributed by atoms with Gasteiger partial charge in [0.05, 0.1) is 4.90 Å². The van der Waals surface area contributed by atoms with Gasteiger partial charge in [-0.05, 0) is 62.6 Å². The van der Waals surface area contributed by atoms with Gasteiger partial charge in [-0.3, -0.25) is 4.79 Å². The van der Waals surface area contributed by atoms with Gasteiger partial charge in [0, 0.05) is 6.54 Å². The molecule has 3 rings (SSSR count). The van der Waals surface area contributed by atoms with Crippen molar-refractivity contribution in [2.45, 2.75) is 44.2 Å². The number of hydrogen-bond acceptors (Lipinski definition) is 4. The van der Waals surface area contributed by atoms with Crippen LogP contribution >= 0.6 is 0 Å². The van der Waals surface area contributed by atoms with Gasteiger partial charge in [0.2, 0.25) is 10.0 Å². The molecule has 0 radical (unpaired) electrons. The number of carboxylic acid groups (broad SMARTS) is 1. The normalized spacial score (nSPS) is 12.0. The molecule has 0 spiro atoms. The number of carbonyl (C=O) groups is 1. The summed E-state index contributed by atoms with van der Waals surface area (Å²) in [5, 5.41) is 9.76. The Bertz CT molecular complexity index is 1190. The Kier molecular flexibility index (Phi) is 7.56. The van der Waals surface area contributed by atoms with E-state index in [9.17, 15) is 18.3 Å². The predicted octanol–water partition coefficient (Wildman–Crippen LogP) is 4.67. The molecular formula is C26H29NO5S. The highest BCUT2D eigenvalue weighted by molar-refractivity contribution is 7.89. The lowest BCUT2D eigenvalue weighted by Crippen LogP contribution is -2.53. The van der Waals surface area contributed by atoms with E-state index in [4.69, 9.17) is 4.74 Å². The molecular weight excluding hydrogens is 438 g/mol. The third kappa shape index (κ3) is 6.00. The molecule has 0 fully saturated rings. The second kappa shape index (κ2) is 10.2. The van der Waals surface area contributed by atoms with Crippen molar-refractivity contribution in [3.8, 4) is 5.75 Å². The van der Waals surface area contributed by atoms with Crippen LogP contribution in [0.15, 0.2) is 83.8 Å². The topological polar surface area (TPSA) is 83.9 Å². The third-order valence-corrected chi connectivity index (χ3v) is 7.59. The van der Waals surface area contributed by atoms with Gasteiger partial charge in [-0.1, -0.05) is 60.2 Å². The SMILES string of the molecule is Cc1ccc(S(=O)(=O)N(CCc2cccc(OCc3ccccc3)c2)C(C)(C)C(=O)O)cc1. The summed E-state index contributed by atoms with van der Waals surface area (Å²) in [6.07, 6.45) is 0.338. The minimum Gasteiger partial charge on any atom is -0.489 e. The van der Waals surface area contributed by atoms with Crippen molar-refractivity contribution in [3.05, 3.63) is 95.6 Å². The van der Waals surface area contributed by atoms with Crippen LogP contribution in [0.25, 0.3) is 0 Å².